The van der Waals surface area contributed by atoms with Gasteiger partial charge in [-0.25, -0.2) is 9.48 Å². The molecule has 0 bridgehead atoms. The molecule has 24 heavy (non-hydrogen) atoms. The smallest absolute Gasteiger partial charge is 0.409 e. The Bertz CT molecular complexity index is 573. The van der Waals surface area contributed by atoms with Gasteiger partial charge in [-0.15, -0.1) is 5.10 Å². The molecule has 0 aliphatic carbocycles. The van der Waals surface area contributed by atoms with Gasteiger partial charge >= 0.3 is 6.09 Å². The lowest BCUT2D eigenvalue weighted by Crippen LogP contribution is -2.38. The fourth-order valence-corrected chi connectivity index (χ4v) is 2.51. The van der Waals surface area contributed by atoms with Crippen molar-refractivity contribution in [2.45, 2.75) is 38.9 Å². The van der Waals surface area contributed by atoms with Crippen LogP contribution in [0.4, 0.5) is 4.79 Å². The Hall–Kier alpha value is -2.16. The van der Waals surface area contributed by atoms with E-state index < -0.39 is 0 Å². The number of hydrogen-bond donors (Lipinski definition) is 2. The van der Waals surface area contributed by atoms with Gasteiger partial charge < -0.3 is 20.3 Å². The van der Waals surface area contributed by atoms with Gasteiger partial charge in [0.25, 0.3) is 0 Å². The Morgan fingerprint density at radius 3 is 2.96 bits per heavy atom. The molecular formula is C15H26N6O3. The van der Waals surface area contributed by atoms with E-state index in [2.05, 4.69) is 20.9 Å². The molecule has 0 unspecified atom stereocenters. The van der Waals surface area contributed by atoms with E-state index in [0.29, 0.717) is 37.7 Å². The number of amides is 2. The first-order valence-electron chi connectivity index (χ1n) is 8.14. The van der Waals surface area contributed by atoms with Gasteiger partial charge in [0.2, 0.25) is 5.91 Å². The number of aromatic nitrogens is 3. The second-order valence-electron chi connectivity index (χ2n) is 6.48. The van der Waals surface area contributed by atoms with Crippen LogP contribution in [0.25, 0.3) is 0 Å². The van der Waals surface area contributed by atoms with Gasteiger partial charge in [-0.2, -0.15) is 0 Å². The zero-order valence-corrected chi connectivity index (χ0v) is 14.7. The third kappa shape index (κ3) is 4.67. The summed E-state index contributed by atoms with van der Waals surface area (Å²) < 4.78 is 6.92. The predicted molar refractivity (Wildman–Crippen MR) is 87.2 cm³/mol. The van der Waals surface area contributed by atoms with Crippen LogP contribution in [0.3, 0.4) is 0 Å². The quantitative estimate of drug-likeness (QED) is 0.766. The van der Waals surface area contributed by atoms with E-state index in [1.165, 1.54) is 4.90 Å². The summed E-state index contributed by atoms with van der Waals surface area (Å²) in [5.41, 5.74) is 0.683. The maximum Gasteiger partial charge on any atom is 0.409 e. The molecule has 1 aromatic heterocycles. The van der Waals surface area contributed by atoms with Gasteiger partial charge in [0, 0.05) is 20.6 Å². The largest absolute Gasteiger partial charge is 0.449 e. The first-order chi connectivity index (χ1) is 11.4. The van der Waals surface area contributed by atoms with Gasteiger partial charge in [-0.05, 0) is 12.3 Å². The van der Waals surface area contributed by atoms with Crippen LogP contribution >= 0.6 is 0 Å². The van der Waals surface area contributed by atoms with E-state index in [1.807, 2.05) is 20.0 Å². The van der Waals surface area contributed by atoms with Crippen molar-refractivity contribution in [1.82, 2.24) is 30.5 Å². The number of rotatable bonds is 6. The van der Waals surface area contributed by atoms with Gasteiger partial charge in [-0.3, -0.25) is 4.79 Å². The molecule has 1 aromatic rings. The topological polar surface area (TPSA) is 101 Å². The van der Waals surface area contributed by atoms with Crippen molar-refractivity contribution >= 4 is 12.0 Å². The average Bonchev–Trinajstić information content (AvgIpc) is 3.20. The van der Waals surface area contributed by atoms with Crippen molar-refractivity contribution in [3.05, 3.63) is 11.9 Å². The molecule has 2 atom stereocenters. The first-order valence-corrected chi connectivity index (χ1v) is 8.14. The fraction of sp³-hybridized carbons (Fsp3) is 0.733. The molecule has 9 heteroatoms. The van der Waals surface area contributed by atoms with Gasteiger partial charge in [0.15, 0.2) is 0 Å². The zero-order valence-electron chi connectivity index (χ0n) is 14.7. The molecule has 1 aliphatic rings. The van der Waals surface area contributed by atoms with Crippen LogP contribution in [0.2, 0.25) is 0 Å². The molecule has 1 fully saturated rings. The summed E-state index contributed by atoms with van der Waals surface area (Å²) in [5, 5.41) is 14.0. The number of ether oxygens (including phenoxy) is 1. The van der Waals surface area contributed by atoms with Crippen LogP contribution < -0.4 is 10.6 Å². The molecule has 2 rings (SSSR count). The summed E-state index contributed by atoms with van der Waals surface area (Å²) >= 11 is 0. The standard InChI is InChI=1S/C15H26N6O3/c1-10(2)9-24-15(23)20(4)7-11-8-21(19-18-11)12-5-13(17-6-12)14(22)16-3/h8,10,12-13,17H,5-7,9H2,1-4H3,(H,16,22)/t12-,13-/m0/s1. The highest BCUT2D eigenvalue weighted by molar-refractivity contribution is 5.81. The lowest BCUT2D eigenvalue weighted by Gasteiger charge is -2.16. The van der Waals surface area contributed by atoms with Crippen LogP contribution in [0.1, 0.15) is 32.0 Å². The minimum atomic E-state index is -0.375. The van der Waals surface area contributed by atoms with E-state index in [9.17, 15) is 9.59 Å². The molecule has 2 N–H and O–H groups in total. The first kappa shape index (κ1) is 18.2. The Morgan fingerprint density at radius 2 is 2.29 bits per heavy atom. The summed E-state index contributed by atoms with van der Waals surface area (Å²) in [5.74, 6) is 0.275. The van der Waals surface area contributed by atoms with E-state index in [0.717, 1.165) is 0 Å². The maximum atomic E-state index is 11.9. The maximum absolute atomic E-state index is 11.9. The molecule has 0 aromatic carbocycles. The molecule has 2 amide bonds. The van der Waals surface area contributed by atoms with Crippen LogP contribution in [-0.2, 0) is 16.1 Å². The predicted octanol–water partition coefficient (Wildman–Crippen LogP) is 0.152. The second-order valence-corrected chi connectivity index (χ2v) is 6.48. The number of hydrogen-bond acceptors (Lipinski definition) is 6. The molecule has 1 saturated heterocycles. The molecular weight excluding hydrogens is 312 g/mol. The van der Waals surface area contributed by atoms with Gasteiger partial charge in [-0.1, -0.05) is 19.1 Å². The Kier molecular flexibility index (Phi) is 6.13. The van der Waals surface area contributed by atoms with Crippen molar-refractivity contribution < 1.29 is 14.3 Å². The third-order valence-corrected chi connectivity index (χ3v) is 3.85. The average molecular weight is 338 g/mol. The normalized spacial score (nSPS) is 20.2. The van der Waals surface area contributed by atoms with Crippen LogP contribution in [0.15, 0.2) is 6.20 Å². The van der Waals surface area contributed by atoms with Crippen LogP contribution in [0, 0.1) is 5.92 Å². The third-order valence-electron chi connectivity index (χ3n) is 3.85. The number of nitrogens with one attached hydrogen (secondary N) is 2. The highest BCUT2D eigenvalue weighted by Crippen LogP contribution is 2.19. The van der Waals surface area contributed by atoms with Gasteiger partial charge in [0.1, 0.15) is 5.69 Å². The molecule has 0 radical (unpaired) electrons. The Labute approximate surface area is 141 Å². The molecule has 9 nitrogen and oxygen atoms in total. The lowest BCUT2D eigenvalue weighted by atomic mass is 10.1. The number of carbonyl (C=O) groups excluding carboxylic acids is 2. The summed E-state index contributed by atoms with van der Waals surface area (Å²) in [6.07, 6.45) is 2.10. The second kappa shape index (κ2) is 8.09. The lowest BCUT2D eigenvalue weighted by molar-refractivity contribution is -0.122. The molecule has 0 saturated carbocycles. The van der Waals surface area contributed by atoms with Crippen LogP contribution in [-0.4, -0.2) is 65.2 Å². The summed E-state index contributed by atoms with van der Waals surface area (Å²) in [6.45, 7) is 5.36. The molecule has 2 heterocycles. The fourth-order valence-electron chi connectivity index (χ4n) is 2.51. The highest BCUT2D eigenvalue weighted by Gasteiger charge is 2.30. The minimum absolute atomic E-state index is 0.0227. The number of nitrogens with zero attached hydrogens (tertiary/aromatic N) is 4. The minimum Gasteiger partial charge on any atom is -0.449 e. The Morgan fingerprint density at radius 1 is 1.54 bits per heavy atom. The SMILES string of the molecule is CNC(=O)[C@@H]1C[C@H](n2cc(CN(C)C(=O)OCC(C)C)nn2)CN1. The summed E-state index contributed by atoms with van der Waals surface area (Å²) in [4.78, 5) is 25.0. The Balaban J connectivity index is 1.87. The van der Waals surface area contributed by atoms with Crippen molar-refractivity contribution in [3.8, 4) is 0 Å². The van der Waals surface area contributed by atoms with E-state index in [-0.39, 0.29) is 24.1 Å². The van der Waals surface area contributed by atoms with E-state index >= 15 is 0 Å². The van der Waals surface area contributed by atoms with Crippen LogP contribution in [0.5, 0.6) is 0 Å². The van der Waals surface area contributed by atoms with E-state index in [1.54, 1.807) is 18.8 Å². The monoisotopic (exact) mass is 338 g/mol. The molecule has 1 aliphatic heterocycles. The van der Waals surface area contributed by atoms with Crippen molar-refractivity contribution in [3.63, 3.8) is 0 Å². The number of carbonyl (C=O) groups is 2. The summed E-state index contributed by atoms with van der Waals surface area (Å²) in [6, 6.07) is -0.131. The molecule has 0 spiro atoms. The van der Waals surface area contributed by atoms with Crippen molar-refractivity contribution in [1.29, 1.82) is 0 Å². The highest BCUT2D eigenvalue weighted by atomic mass is 16.6. The van der Waals surface area contributed by atoms with E-state index in [4.69, 9.17) is 4.74 Å². The molecule has 134 valence electrons. The zero-order chi connectivity index (χ0) is 17.7. The van der Waals surface area contributed by atoms with Crippen molar-refractivity contribution in [2.24, 2.45) is 5.92 Å². The van der Waals surface area contributed by atoms with Gasteiger partial charge in [0.05, 0.1) is 31.4 Å². The number of likely N-dealkylation sites (N-methyl/N-ethyl adjacent to an activating group) is 1. The summed E-state index contributed by atoms with van der Waals surface area (Å²) in [7, 11) is 3.29. The van der Waals surface area contributed by atoms with Crippen molar-refractivity contribution in [2.75, 3.05) is 27.2 Å².